The highest BCUT2D eigenvalue weighted by Crippen LogP contribution is 2.51. The molecular formula is C29H35N5O13S. The maximum atomic E-state index is 13.6. The minimum absolute atomic E-state index is 0.0891. The number of hydrogen-bond acceptors (Lipinski definition) is 13. The summed E-state index contributed by atoms with van der Waals surface area (Å²) in [4.78, 5) is 93.1. The zero-order chi connectivity index (χ0) is 35.2. The number of aliphatic carboxylic acids is 1. The fourth-order valence-electron chi connectivity index (χ4n) is 6.01. The Kier molecular flexibility index (Phi) is 9.71. The first-order chi connectivity index (χ1) is 22.6. The molecule has 4 aliphatic rings. The second kappa shape index (κ2) is 13.3. The molecule has 260 valence electrons. The number of carboxylic acids is 1. The highest BCUT2D eigenvalue weighted by molar-refractivity contribution is 8.01. The number of amides is 6. The van der Waals surface area contributed by atoms with Crippen molar-refractivity contribution >= 4 is 53.4 Å². The van der Waals surface area contributed by atoms with Crippen molar-refractivity contribution in [3.8, 4) is 0 Å². The Balaban J connectivity index is 1.29. The number of fused-ring (bicyclic) bond motifs is 1. The third-order valence-corrected chi connectivity index (χ3v) is 10.2. The number of urea groups is 1. The molecule has 6 amide bonds. The minimum atomic E-state index is -2.01. The van der Waals surface area contributed by atoms with E-state index in [1.807, 2.05) is 0 Å². The number of carbonyl (C=O) groups excluding carboxylic acids is 6. The van der Waals surface area contributed by atoms with Crippen molar-refractivity contribution in [1.29, 1.82) is 0 Å². The molecule has 0 radical (unpaired) electrons. The van der Waals surface area contributed by atoms with Gasteiger partial charge in [0, 0.05) is 24.4 Å². The number of carbonyl (C=O) groups is 7. The SMILES string of the molecule is CCN1CCN(C(=O)N[C@@H](C(=O)N[C@@H]2C(=O)N3[C@@H]2SC(C)(C)[C@@H]3C(=O)OC2OC(C(=O)O)C(O)C(O)C2O)c2ccccc2)C(=O)C1=O. The van der Waals surface area contributed by atoms with Crippen LogP contribution in [0.25, 0.3) is 0 Å². The van der Waals surface area contributed by atoms with Gasteiger partial charge in [0.15, 0.2) is 6.10 Å². The maximum absolute atomic E-state index is 13.6. The van der Waals surface area contributed by atoms with Crippen LogP contribution in [0.5, 0.6) is 0 Å². The third kappa shape index (κ3) is 6.18. The first kappa shape index (κ1) is 35.0. The number of imide groups is 1. The monoisotopic (exact) mass is 693 g/mol. The number of benzene rings is 1. The van der Waals surface area contributed by atoms with Crippen LogP contribution in [0.2, 0.25) is 0 Å². The van der Waals surface area contributed by atoms with Crippen molar-refractivity contribution in [2.24, 2.45) is 0 Å². The van der Waals surface area contributed by atoms with Crippen molar-refractivity contribution in [3.63, 3.8) is 0 Å². The van der Waals surface area contributed by atoms with Gasteiger partial charge in [0.05, 0.1) is 0 Å². The van der Waals surface area contributed by atoms with Gasteiger partial charge in [-0.25, -0.2) is 14.4 Å². The smallest absolute Gasteiger partial charge is 0.335 e. The van der Waals surface area contributed by atoms with E-state index in [2.05, 4.69) is 10.6 Å². The average Bonchev–Trinajstić information content (AvgIpc) is 3.31. The molecular weight excluding hydrogens is 658 g/mol. The van der Waals surface area contributed by atoms with Crippen LogP contribution in [0, 0.1) is 0 Å². The lowest BCUT2D eigenvalue weighted by atomic mass is 9.95. The molecule has 9 atom stereocenters. The van der Waals surface area contributed by atoms with Crippen LogP contribution >= 0.6 is 11.8 Å². The molecule has 4 fully saturated rings. The summed E-state index contributed by atoms with van der Waals surface area (Å²) < 4.78 is 9.22. The fourth-order valence-corrected chi connectivity index (χ4v) is 7.63. The molecule has 19 heteroatoms. The lowest BCUT2D eigenvalue weighted by Crippen LogP contribution is -2.71. The van der Waals surface area contributed by atoms with Crippen LogP contribution in [0.3, 0.4) is 0 Å². The zero-order valence-electron chi connectivity index (χ0n) is 25.9. The zero-order valence-corrected chi connectivity index (χ0v) is 26.7. The van der Waals surface area contributed by atoms with Gasteiger partial charge in [-0.15, -0.1) is 11.8 Å². The molecule has 0 aliphatic carbocycles. The summed E-state index contributed by atoms with van der Waals surface area (Å²) in [7, 11) is 0. The van der Waals surface area contributed by atoms with Crippen molar-refractivity contribution in [2.45, 2.75) is 79.7 Å². The number of nitrogens with zero attached hydrogens (tertiary/aromatic N) is 3. The van der Waals surface area contributed by atoms with Gasteiger partial charge in [0.2, 0.25) is 18.1 Å². The number of aliphatic hydroxyl groups excluding tert-OH is 3. The number of piperazine rings is 1. The molecule has 48 heavy (non-hydrogen) atoms. The number of rotatable bonds is 8. The number of nitrogens with one attached hydrogen (secondary N) is 2. The summed E-state index contributed by atoms with van der Waals surface area (Å²) in [6.07, 6.45) is -10.0. The van der Waals surface area contributed by atoms with Gasteiger partial charge in [-0.05, 0) is 26.3 Å². The quantitative estimate of drug-likeness (QED) is 0.0909. The summed E-state index contributed by atoms with van der Waals surface area (Å²) >= 11 is 1.14. The predicted octanol–water partition coefficient (Wildman–Crippen LogP) is -2.89. The molecule has 0 saturated carbocycles. The molecule has 4 aliphatic heterocycles. The summed E-state index contributed by atoms with van der Waals surface area (Å²) in [5, 5.41) is 43.9. The number of thioether (sulfide) groups is 1. The molecule has 4 saturated heterocycles. The van der Waals surface area contributed by atoms with Crippen molar-refractivity contribution < 1.29 is 63.5 Å². The fraction of sp³-hybridized carbons (Fsp3) is 0.552. The Labute approximate surface area is 277 Å². The number of likely N-dealkylation sites (N-methyl/N-ethyl adjacent to an activating group) is 1. The highest BCUT2D eigenvalue weighted by atomic mass is 32.2. The van der Waals surface area contributed by atoms with Crippen LogP contribution in [0.1, 0.15) is 32.4 Å². The first-order valence-electron chi connectivity index (χ1n) is 15.0. The lowest BCUT2D eigenvalue weighted by molar-refractivity contribution is -0.287. The molecule has 5 unspecified atom stereocenters. The topological polar surface area (TPSA) is 253 Å². The Bertz CT molecular complexity index is 1510. The van der Waals surface area contributed by atoms with Crippen LogP contribution < -0.4 is 10.6 Å². The number of carboxylic acid groups (broad SMARTS) is 1. The van der Waals surface area contributed by atoms with E-state index in [9.17, 15) is 54.0 Å². The number of hydrogen-bond donors (Lipinski definition) is 6. The molecule has 0 aromatic heterocycles. The number of ether oxygens (including phenoxy) is 2. The highest BCUT2D eigenvalue weighted by Gasteiger charge is 2.65. The molecule has 1 aromatic carbocycles. The van der Waals surface area contributed by atoms with Crippen molar-refractivity contribution in [3.05, 3.63) is 35.9 Å². The summed E-state index contributed by atoms with van der Waals surface area (Å²) in [5.74, 6) is -6.17. The maximum Gasteiger partial charge on any atom is 0.335 e. The summed E-state index contributed by atoms with van der Waals surface area (Å²) in [6, 6.07) is 3.17. The van der Waals surface area contributed by atoms with E-state index in [1.54, 1.807) is 51.1 Å². The van der Waals surface area contributed by atoms with Gasteiger partial charge in [-0.3, -0.25) is 24.1 Å². The Morgan fingerprint density at radius 2 is 1.69 bits per heavy atom. The molecule has 5 rings (SSSR count). The Hall–Kier alpha value is -4.30. The normalized spacial score (nSPS) is 31.8. The van der Waals surface area contributed by atoms with Crippen molar-refractivity contribution in [1.82, 2.24) is 25.3 Å². The second-order valence-corrected chi connectivity index (χ2v) is 13.8. The lowest BCUT2D eigenvalue weighted by Gasteiger charge is -2.45. The molecule has 1 aromatic rings. The average molecular weight is 694 g/mol. The molecule has 4 heterocycles. The third-order valence-electron chi connectivity index (χ3n) is 8.61. The predicted molar refractivity (Wildman–Crippen MR) is 160 cm³/mol. The van der Waals surface area contributed by atoms with E-state index in [0.29, 0.717) is 10.5 Å². The Morgan fingerprint density at radius 3 is 2.31 bits per heavy atom. The van der Waals surface area contributed by atoms with E-state index in [1.165, 1.54) is 4.90 Å². The van der Waals surface area contributed by atoms with Crippen LogP contribution in [-0.2, 0) is 38.2 Å². The molecule has 18 nitrogen and oxygen atoms in total. The van der Waals surface area contributed by atoms with E-state index in [4.69, 9.17) is 9.47 Å². The molecule has 0 spiro atoms. The van der Waals surface area contributed by atoms with Crippen LogP contribution in [-0.4, -0.2) is 149 Å². The molecule has 6 N–H and O–H groups in total. The molecule has 0 bridgehead atoms. The van der Waals surface area contributed by atoms with Gasteiger partial charge in [-0.1, -0.05) is 30.3 Å². The van der Waals surface area contributed by atoms with Crippen LogP contribution in [0.15, 0.2) is 30.3 Å². The number of β-lactam (4-membered cyclic amide) rings is 1. The van der Waals surface area contributed by atoms with E-state index in [0.717, 1.165) is 16.7 Å². The van der Waals surface area contributed by atoms with Gasteiger partial charge in [0.25, 0.3) is 0 Å². The first-order valence-corrected chi connectivity index (χ1v) is 15.9. The van der Waals surface area contributed by atoms with Gasteiger partial charge >= 0.3 is 29.8 Å². The van der Waals surface area contributed by atoms with Crippen molar-refractivity contribution in [2.75, 3.05) is 19.6 Å². The van der Waals surface area contributed by atoms with Gasteiger partial charge in [-0.2, -0.15) is 0 Å². The standard InChI is InChI=1S/C29H35N5O13S/c1-4-32-10-11-33(23(41)22(32)40)28(45)31-13(12-8-6-5-7-9-12)20(38)30-14-21(39)34-19(29(2,3)48-24(14)34)26(44)47-27-17(37)15(35)16(36)18(46-27)25(42)43/h5-9,13-19,24,27,35-37H,4,10-11H2,1-3H3,(H,30,38)(H,31,45)(H,42,43)/t13-,14-,15?,16?,17?,18?,19+,24-,27?/m1/s1. The summed E-state index contributed by atoms with van der Waals surface area (Å²) in [5.41, 5.74) is 0.316. The van der Waals surface area contributed by atoms with E-state index >= 15 is 0 Å². The number of aliphatic hydroxyl groups is 3. The second-order valence-electron chi connectivity index (χ2n) is 12.1. The minimum Gasteiger partial charge on any atom is -0.479 e. The van der Waals surface area contributed by atoms with E-state index in [-0.39, 0.29) is 19.6 Å². The Morgan fingerprint density at radius 1 is 1.02 bits per heavy atom. The van der Waals surface area contributed by atoms with E-state index < -0.39 is 101 Å². The van der Waals surface area contributed by atoms with Gasteiger partial charge < -0.3 is 50.3 Å². The van der Waals surface area contributed by atoms with Gasteiger partial charge in [0.1, 0.15) is 41.8 Å². The largest absolute Gasteiger partial charge is 0.479 e. The van der Waals surface area contributed by atoms with Crippen LogP contribution in [0.4, 0.5) is 4.79 Å². The number of esters is 1. The summed E-state index contributed by atoms with van der Waals surface area (Å²) in [6.45, 7) is 5.25.